The van der Waals surface area contributed by atoms with Gasteiger partial charge in [-0.05, 0) is 50.1 Å². The minimum atomic E-state index is 0.385. The van der Waals surface area contributed by atoms with E-state index in [1.54, 1.807) is 0 Å². The molecule has 1 rings (SSSR count). The molecule has 0 aliphatic heterocycles. The molecule has 0 spiro atoms. The van der Waals surface area contributed by atoms with Crippen molar-refractivity contribution in [3.05, 3.63) is 32.2 Å². The van der Waals surface area contributed by atoms with Gasteiger partial charge in [-0.1, -0.05) is 38.8 Å². The first-order valence-electron chi connectivity index (χ1n) is 5.25. The molecule has 0 heterocycles. The molecule has 0 radical (unpaired) electrons. The van der Waals surface area contributed by atoms with Gasteiger partial charge in [0.15, 0.2) is 0 Å². The number of hydrogen-bond acceptors (Lipinski definition) is 1. The topological polar surface area (TPSA) is 12.0 Å². The van der Waals surface area contributed by atoms with Gasteiger partial charge < -0.3 is 5.32 Å². The van der Waals surface area contributed by atoms with Gasteiger partial charge in [0, 0.05) is 15.0 Å². The third-order valence-electron chi connectivity index (χ3n) is 2.44. The Balaban J connectivity index is 2.88. The van der Waals surface area contributed by atoms with E-state index in [4.69, 9.17) is 0 Å². The van der Waals surface area contributed by atoms with Crippen LogP contribution in [0, 0.1) is 6.92 Å². The molecule has 15 heavy (non-hydrogen) atoms. The van der Waals surface area contributed by atoms with Crippen molar-refractivity contribution in [2.45, 2.75) is 33.2 Å². The highest BCUT2D eigenvalue weighted by Gasteiger charge is 2.10. The molecule has 1 N–H and O–H groups in total. The summed E-state index contributed by atoms with van der Waals surface area (Å²) >= 11 is 7.18. The van der Waals surface area contributed by atoms with Crippen LogP contribution >= 0.6 is 31.9 Å². The Kier molecular flexibility index (Phi) is 5.30. The first-order chi connectivity index (χ1) is 7.06. The predicted octanol–water partition coefficient (Wildman–Crippen LogP) is 4.58. The maximum absolute atomic E-state index is 3.61. The molecule has 0 bridgehead atoms. The van der Waals surface area contributed by atoms with Crippen LogP contribution in [-0.2, 0) is 0 Å². The third kappa shape index (κ3) is 3.58. The second-order valence-corrected chi connectivity index (χ2v) is 5.51. The van der Waals surface area contributed by atoms with Crippen LogP contribution in [0.4, 0.5) is 0 Å². The number of benzene rings is 1. The summed E-state index contributed by atoms with van der Waals surface area (Å²) in [7, 11) is 0. The lowest BCUT2D eigenvalue weighted by molar-refractivity contribution is 0.568. The Morgan fingerprint density at radius 3 is 2.53 bits per heavy atom. The Labute approximate surface area is 109 Å². The lowest BCUT2D eigenvalue weighted by Gasteiger charge is -2.16. The van der Waals surface area contributed by atoms with E-state index in [9.17, 15) is 0 Å². The molecule has 84 valence electrons. The van der Waals surface area contributed by atoms with E-state index in [1.807, 2.05) is 0 Å². The lowest BCUT2D eigenvalue weighted by atomic mass is 10.1. The zero-order valence-electron chi connectivity index (χ0n) is 9.40. The van der Waals surface area contributed by atoms with Crippen molar-refractivity contribution in [2.24, 2.45) is 0 Å². The van der Waals surface area contributed by atoms with Gasteiger partial charge in [-0.3, -0.25) is 0 Å². The highest BCUT2D eigenvalue weighted by Crippen LogP contribution is 2.29. The molecule has 1 unspecified atom stereocenters. The van der Waals surface area contributed by atoms with Crippen LogP contribution in [0.1, 0.15) is 37.4 Å². The second-order valence-electron chi connectivity index (χ2n) is 3.80. The summed E-state index contributed by atoms with van der Waals surface area (Å²) in [5.41, 5.74) is 2.56. The molecule has 0 amide bonds. The van der Waals surface area contributed by atoms with Crippen molar-refractivity contribution in [3.63, 3.8) is 0 Å². The van der Waals surface area contributed by atoms with Crippen LogP contribution in [0.3, 0.4) is 0 Å². The number of halogens is 2. The van der Waals surface area contributed by atoms with E-state index >= 15 is 0 Å². The van der Waals surface area contributed by atoms with Gasteiger partial charge in [-0.2, -0.15) is 0 Å². The lowest BCUT2D eigenvalue weighted by Crippen LogP contribution is -2.19. The summed E-state index contributed by atoms with van der Waals surface area (Å²) in [6.07, 6.45) is 1.16. The van der Waals surface area contributed by atoms with Crippen molar-refractivity contribution < 1.29 is 0 Å². The Morgan fingerprint density at radius 2 is 1.93 bits per heavy atom. The average molecular weight is 335 g/mol. The summed E-state index contributed by atoms with van der Waals surface area (Å²) in [5.74, 6) is 0. The van der Waals surface area contributed by atoms with Gasteiger partial charge in [0.1, 0.15) is 0 Å². The van der Waals surface area contributed by atoms with Gasteiger partial charge in [0.25, 0.3) is 0 Å². The molecule has 0 aromatic heterocycles. The quantitative estimate of drug-likeness (QED) is 0.849. The van der Waals surface area contributed by atoms with E-state index in [0.29, 0.717) is 6.04 Å². The van der Waals surface area contributed by atoms with Crippen molar-refractivity contribution in [3.8, 4) is 0 Å². The molecular weight excluding hydrogens is 318 g/mol. The third-order valence-corrected chi connectivity index (χ3v) is 3.99. The zero-order valence-corrected chi connectivity index (χ0v) is 12.6. The first-order valence-corrected chi connectivity index (χ1v) is 6.83. The summed E-state index contributed by atoms with van der Waals surface area (Å²) in [4.78, 5) is 0. The minimum absolute atomic E-state index is 0.385. The van der Waals surface area contributed by atoms with Crippen LogP contribution in [-0.4, -0.2) is 6.54 Å². The summed E-state index contributed by atoms with van der Waals surface area (Å²) in [6, 6.07) is 4.73. The van der Waals surface area contributed by atoms with Gasteiger partial charge >= 0.3 is 0 Å². The highest BCUT2D eigenvalue weighted by atomic mass is 79.9. The molecule has 1 nitrogen and oxygen atoms in total. The normalized spacial score (nSPS) is 12.9. The van der Waals surface area contributed by atoms with Crippen molar-refractivity contribution in [1.82, 2.24) is 5.32 Å². The van der Waals surface area contributed by atoms with E-state index in [1.165, 1.54) is 20.1 Å². The van der Waals surface area contributed by atoms with Gasteiger partial charge in [-0.15, -0.1) is 0 Å². The molecule has 0 fully saturated rings. The number of rotatable bonds is 4. The maximum Gasteiger partial charge on any atom is 0.0303 e. The maximum atomic E-state index is 3.61. The molecular formula is C12H17Br2N. The largest absolute Gasteiger partial charge is 0.310 e. The molecule has 0 saturated carbocycles. The van der Waals surface area contributed by atoms with Crippen LogP contribution in [0.15, 0.2) is 21.1 Å². The molecule has 0 saturated heterocycles. The van der Waals surface area contributed by atoms with E-state index in [2.05, 4.69) is 70.1 Å². The SMILES string of the molecule is CCCNC(C)c1cc(Br)c(C)cc1Br. The number of hydrogen-bond donors (Lipinski definition) is 1. The predicted molar refractivity (Wildman–Crippen MR) is 73.3 cm³/mol. The van der Waals surface area contributed by atoms with Crippen LogP contribution in [0.5, 0.6) is 0 Å². The van der Waals surface area contributed by atoms with Gasteiger partial charge in [0.05, 0.1) is 0 Å². The molecule has 0 aliphatic carbocycles. The Hall–Kier alpha value is 0.140. The van der Waals surface area contributed by atoms with Crippen LogP contribution in [0.25, 0.3) is 0 Å². The first kappa shape index (κ1) is 13.2. The number of nitrogens with one attached hydrogen (secondary N) is 1. The molecule has 1 aromatic carbocycles. The van der Waals surface area contributed by atoms with E-state index in [0.717, 1.165) is 13.0 Å². The van der Waals surface area contributed by atoms with Gasteiger partial charge in [-0.25, -0.2) is 0 Å². The fraction of sp³-hybridized carbons (Fsp3) is 0.500. The summed E-state index contributed by atoms with van der Waals surface area (Å²) in [5, 5.41) is 3.49. The molecule has 1 aromatic rings. The van der Waals surface area contributed by atoms with Gasteiger partial charge in [0.2, 0.25) is 0 Å². The van der Waals surface area contributed by atoms with Crippen molar-refractivity contribution in [2.75, 3.05) is 6.54 Å². The smallest absolute Gasteiger partial charge is 0.0303 e. The fourth-order valence-electron chi connectivity index (χ4n) is 1.46. The average Bonchev–Trinajstić information content (AvgIpc) is 2.20. The van der Waals surface area contributed by atoms with Crippen molar-refractivity contribution in [1.29, 1.82) is 0 Å². The second kappa shape index (κ2) is 6.02. The van der Waals surface area contributed by atoms with E-state index < -0.39 is 0 Å². The number of aryl methyl sites for hydroxylation is 1. The Bertz CT molecular complexity index is 337. The standard InChI is InChI=1S/C12H17Br2N/c1-4-5-15-9(3)10-7-11(13)8(2)6-12(10)14/h6-7,9,15H,4-5H2,1-3H3. The Morgan fingerprint density at radius 1 is 1.27 bits per heavy atom. The minimum Gasteiger partial charge on any atom is -0.310 e. The molecule has 1 atom stereocenters. The zero-order chi connectivity index (χ0) is 11.4. The monoisotopic (exact) mass is 333 g/mol. The summed E-state index contributed by atoms with van der Waals surface area (Å²) in [6.45, 7) is 7.53. The molecule has 0 aliphatic rings. The van der Waals surface area contributed by atoms with Crippen LogP contribution < -0.4 is 5.32 Å². The van der Waals surface area contributed by atoms with E-state index in [-0.39, 0.29) is 0 Å². The molecule has 3 heteroatoms. The van der Waals surface area contributed by atoms with Crippen molar-refractivity contribution >= 4 is 31.9 Å². The summed E-state index contributed by atoms with van der Waals surface area (Å²) < 4.78 is 2.35. The highest BCUT2D eigenvalue weighted by molar-refractivity contribution is 9.11. The van der Waals surface area contributed by atoms with Crippen LogP contribution in [0.2, 0.25) is 0 Å². The fourth-order valence-corrected chi connectivity index (χ4v) is 2.63.